The van der Waals surface area contributed by atoms with Gasteiger partial charge in [0.25, 0.3) is 5.91 Å². The molecule has 0 saturated heterocycles. The Morgan fingerprint density at radius 3 is 2.25 bits per heavy atom. The zero-order valence-electron chi connectivity index (χ0n) is 25.8. The number of pyridine rings is 1. The molecule has 0 unspecified atom stereocenters. The lowest BCUT2D eigenvalue weighted by molar-refractivity contribution is 0.0909. The van der Waals surface area contributed by atoms with Crippen molar-refractivity contribution in [3.05, 3.63) is 142 Å². The highest BCUT2D eigenvalue weighted by Gasteiger charge is 2.24. The van der Waals surface area contributed by atoms with Gasteiger partial charge in [-0.2, -0.15) is 0 Å². The molecule has 0 fully saturated rings. The number of carbonyl (C=O) groups is 4. The SMILES string of the molecule is CN(C(=O)NCc1cccc(F)c1Cl)[C@@H](CNC(=O)c1ccc(C(=O)c2ccccc2)cc1)COC(=O)Nc1cc2ccccc2cn1. The molecule has 0 saturated carbocycles. The van der Waals surface area contributed by atoms with E-state index >= 15 is 0 Å². The van der Waals surface area contributed by atoms with Gasteiger partial charge >= 0.3 is 12.1 Å². The van der Waals surface area contributed by atoms with Crippen LogP contribution in [0.3, 0.4) is 0 Å². The highest BCUT2D eigenvalue weighted by atomic mass is 35.5. The number of benzene rings is 4. The highest BCUT2D eigenvalue weighted by Crippen LogP contribution is 2.20. The number of aromatic nitrogens is 1. The van der Waals surface area contributed by atoms with Gasteiger partial charge in [0.05, 0.1) is 11.1 Å². The Balaban J connectivity index is 1.23. The molecular weight excluding hydrogens is 637 g/mol. The third-order valence-corrected chi connectivity index (χ3v) is 7.96. The van der Waals surface area contributed by atoms with E-state index in [1.165, 1.54) is 36.2 Å². The summed E-state index contributed by atoms with van der Waals surface area (Å²) in [6.07, 6.45) is 0.809. The summed E-state index contributed by atoms with van der Waals surface area (Å²) in [7, 11) is 1.47. The van der Waals surface area contributed by atoms with E-state index in [4.69, 9.17) is 16.3 Å². The number of amides is 4. The first-order valence-corrected chi connectivity index (χ1v) is 15.3. The first kappa shape index (κ1) is 33.6. The Kier molecular flexibility index (Phi) is 10.9. The van der Waals surface area contributed by atoms with Crippen molar-refractivity contribution in [3.63, 3.8) is 0 Å². The number of hydrogen-bond acceptors (Lipinski definition) is 6. The predicted molar refractivity (Wildman–Crippen MR) is 181 cm³/mol. The smallest absolute Gasteiger partial charge is 0.412 e. The summed E-state index contributed by atoms with van der Waals surface area (Å²) in [5.74, 6) is -0.987. The van der Waals surface area contributed by atoms with E-state index in [-0.39, 0.29) is 41.9 Å². The molecule has 0 aliphatic heterocycles. The fraction of sp³-hybridized carbons (Fsp3) is 0.139. The molecule has 48 heavy (non-hydrogen) atoms. The van der Waals surface area contributed by atoms with Gasteiger partial charge in [0, 0.05) is 48.4 Å². The molecule has 0 bridgehead atoms. The van der Waals surface area contributed by atoms with Crippen molar-refractivity contribution in [1.82, 2.24) is 20.5 Å². The summed E-state index contributed by atoms with van der Waals surface area (Å²) in [6, 6.07) is 27.0. The Labute approximate surface area is 280 Å². The van der Waals surface area contributed by atoms with Crippen molar-refractivity contribution < 1.29 is 28.3 Å². The van der Waals surface area contributed by atoms with Gasteiger partial charge in [0.2, 0.25) is 0 Å². The van der Waals surface area contributed by atoms with Gasteiger partial charge in [-0.15, -0.1) is 0 Å². The first-order valence-electron chi connectivity index (χ1n) is 14.9. The largest absolute Gasteiger partial charge is 0.447 e. The molecule has 4 amide bonds. The Hall–Kier alpha value is -5.81. The molecule has 1 atom stereocenters. The summed E-state index contributed by atoms with van der Waals surface area (Å²) >= 11 is 6.03. The second kappa shape index (κ2) is 15.7. The maximum absolute atomic E-state index is 13.9. The zero-order valence-corrected chi connectivity index (χ0v) is 26.5. The lowest BCUT2D eigenvalue weighted by Crippen LogP contribution is -2.51. The van der Waals surface area contributed by atoms with Crippen LogP contribution in [0.4, 0.5) is 19.8 Å². The van der Waals surface area contributed by atoms with Crippen LogP contribution < -0.4 is 16.0 Å². The van der Waals surface area contributed by atoms with Crippen molar-refractivity contribution in [1.29, 1.82) is 0 Å². The van der Waals surface area contributed by atoms with Crippen LogP contribution >= 0.6 is 11.6 Å². The zero-order chi connectivity index (χ0) is 34.0. The number of hydrogen-bond donors (Lipinski definition) is 3. The minimum absolute atomic E-state index is 0.0676. The molecule has 1 heterocycles. The second-order valence-electron chi connectivity index (χ2n) is 10.8. The average molecular weight is 668 g/mol. The van der Waals surface area contributed by atoms with E-state index in [2.05, 4.69) is 20.9 Å². The molecule has 4 aromatic carbocycles. The van der Waals surface area contributed by atoms with Gasteiger partial charge in [-0.25, -0.2) is 19.0 Å². The Morgan fingerprint density at radius 2 is 1.50 bits per heavy atom. The summed E-state index contributed by atoms with van der Waals surface area (Å²) in [5, 5.41) is 9.66. The van der Waals surface area contributed by atoms with E-state index in [0.29, 0.717) is 16.7 Å². The van der Waals surface area contributed by atoms with Gasteiger partial charge in [-0.05, 0) is 35.2 Å². The maximum atomic E-state index is 13.9. The minimum Gasteiger partial charge on any atom is -0.447 e. The molecule has 244 valence electrons. The molecule has 0 aliphatic rings. The Bertz CT molecular complexity index is 1940. The number of carbonyl (C=O) groups excluding carboxylic acids is 4. The predicted octanol–water partition coefficient (Wildman–Crippen LogP) is 6.45. The molecule has 0 spiro atoms. The van der Waals surface area contributed by atoms with Crippen LogP contribution in [0.15, 0.2) is 109 Å². The molecule has 0 radical (unpaired) electrons. The number of halogens is 2. The van der Waals surface area contributed by atoms with Gasteiger partial charge in [-0.1, -0.05) is 90.5 Å². The van der Waals surface area contributed by atoms with Crippen molar-refractivity contribution in [2.24, 2.45) is 0 Å². The summed E-state index contributed by atoms with van der Waals surface area (Å²) in [6.45, 7) is -0.466. The minimum atomic E-state index is -0.828. The van der Waals surface area contributed by atoms with Crippen LogP contribution in [-0.4, -0.2) is 59.9 Å². The normalized spacial score (nSPS) is 11.3. The van der Waals surface area contributed by atoms with Crippen LogP contribution in [-0.2, 0) is 11.3 Å². The summed E-state index contributed by atoms with van der Waals surface area (Å²) < 4.78 is 19.3. The van der Waals surface area contributed by atoms with Gasteiger partial charge in [0.15, 0.2) is 5.78 Å². The molecule has 5 rings (SSSR count). The summed E-state index contributed by atoms with van der Waals surface area (Å²) in [4.78, 5) is 57.1. The topological polar surface area (TPSA) is 130 Å². The number of rotatable bonds is 11. The van der Waals surface area contributed by atoms with Crippen molar-refractivity contribution >= 4 is 52.0 Å². The van der Waals surface area contributed by atoms with Gasteiger partial charge in [0.1, 0.15) is 18.2 Å². The first-order chi connectivity index (χ1) is 23.2. The lowest BCUT2D eigenvalue weighted by atomic mass is 10.0. The Morgan fingerprint density at radius 1 is 0.833 bits per heavy atom. The van der Waals surface area contributed by atoms with Gasteiger partial charge in [-0.3, -0.25) is 14.9 Å². The standard InChI is InChI=1S/C36H31ClFN5O5/c1-43(35(46)41-20-28-12-7-13-30(38)32(28)37)29(22-48-36(47)42-31-18-26-10-5-6-11-27(26)19-39-31)21-40-34(45)25-16-14-24(15-17-25)33(44)23-8-3-2-4-9-23/h2-19,29H,20-22H2,1H3,(H,40,45)(H,41,46)(H,39,42,47)/t29-/m0/s1. The number of fused-ring (bicyclic) bond motifs is 1. The van der Waals surface area contributed by atoms with E-state index in [1.54, 1.807) is 54.7 Å². The number of nitrogens with zero attached hydrogens (tertiary/aromatic N) is 2. The van der Waals surface area contributed by atoms with Crippen LogP contribution in [0, 0.1) is 5.82 Å². The van der Waals surface area contributed by atoms with E-state index in [1.807, 2.05) is 30.3 Å². The number of anilines is 1. The number of nitrogens with one attached hydrogen (secondary N) is 3. The summed E-state index contributed by atoms with van der Waals surface area (Å²) in [5.41, 5.74) is 1.60. The van der Waals surface area contributed by atoms with Crippen molar-refractivity contribution in [3.8, 4) is 0 Å². The lowest BCUT2D eigenvalue weighted by Gasteiger charge is -2.28. The molecule has 10 nitrogen and oxygen atoms in total. The van der Waals surface area contributed by atoms with Crippen molar-refractivity contribution in [2.75, 3.05) is 25.5 Å². The van der Waals surface area contributed by atoms with Gasteiger partial charge < -0.3 is 20.3 Å². The maximum Gasteiger partial charge on any atom is 0.412 e. The van der Waals surface area contributed by atoms with E-state index in [9.17, 15) is 23.6 Å². The monoisotopic (exact) mass is 667 g/mol. The molecule has 3 N–H and O–H groups in total. The molecule has 1 aromatic heterocycles. The second-order valence-corrected chi connectivity index (χ2v) is 11.1. The van der Waals surface area contributed by atoms with Crippen molar-refractivity contribution in [2.45, 2.75) is 12.6 Å². The highest BCUT2D eigenvalue weighted by molar-refractivity contribution is 6.31. The average Bonchev–Trinajstić information content (AvgIpc) is 3.11. The molecular formula is C36H31ClFN5O5. The van der Waals surface area contributed by atoms with Crippen LogP contribution in [0.2, 0.25) is 5.02 Å². The number of ether oxygens (including phenoxy) is 1. The fourth-order valence-corrected chi connectivity index (χ4v) is 4.95. The molecule has 12 heteroatoms. The van der Waals surface area contributed by atoms with Crippen LogP contribution in [0.5, 0.6) is 0 Å². The van der Waals surface area contributed by atoms with Crippen LogP contribution in [0.25, 0.3) is 10.8 Å². The third-order valence-electron chi connectivity index (χ3n) is 7.54. The molecule has 0 aliphatic carbocycles. The van der Waals surface area contributed by atoms with E-state index in [0.717, 1.165) is 10.8 Å². The quantitative estimate of drug-likeness (QED) is 0.139. The fourth-order valence-electron chi connectivity index (χ4n) is 4.76. The van der Waals surface area contributed by atoms with Crippen LogP contribution in [0.1, 0.15) is 31.8 Å². The third kappa shape index (κ3) is 8.51. The number of likely N-dealkylation sites (N-methyl/N-ethyl adjacent to an activating group) is 1. The number of urea groups is 1. The number of ketones is 1. The van der Waals surface area contributed by atoms with E-state index < -0.39 is 29.9 Å². The molecule has 5 aromatic rings.